The van der Waals surface area contributed by atoms with Gasteiger partial charge in [-0.05, 0) is 18.8 Å². The normalized spacial score (nSPS) is 18.4. The Hall–Kier alpha value is -2.18. The minimum absolute atomic E-state index is 0.239. The number of ether oxygens (including phenoxy) is 1. The molecule has 7 heteroatoms. The third kappa shape index (κ3) is 3.78. The average molecular weight is 317 g/mol. The standard InChI is InChI=1S/C16H23N5O2/c1-11(2)7-14-19-15(23-20-14)12-5-4-6-21(10-12)16-17-8-13(22-3)9-18-16/h8-9,11-12H,4-7,10H2,1-3H3. The summed E-state index contributed by atoms with van der Waals surface area (Å²) in [6, 6.07) is 0. The average Bonchev–Trinajstić information content (AvgIpc) is 3.03. The summed E-state index contributed by atoms with van der Waals surface area (Å²) in [5.41, 5.74) is 0. The van der Waals surface area contributed by atoms with E-state index in [2.05, 4.69) is 38.9 Å². The van der Waals surface area contributed by atoms with Crippen molar-refractivity contribution < 1.29 is 9.26 Å². The molecule has 1 aliphatic heterocycles. The van der Waals surface area contributed by atoms with Gasteiger partial charge in [0.15, 0.2) is 11.6 Å². The van der Waals surface area contributed by atoms with Gasteiger partial charge in [-0.2, -0.15) is 4.98 Å². The van der Waals surface area contributed by atoms with Crippen molar-refractivity contribution in [1.29, 1.82) is 0 Å². The first-order chi connectivity index (χ1) is 11.2. The van der Waals surface area contributed by atoms with Crippen LogP contribution < -0.4 is 9.64 Å². The van der Waals surface area contributed by atoms with Gasteiger partial charge in [0, 0.05) is 19.5 Å². The molecule has 124 valence electrons. The van der Waals surface area contributed by atoms with Gasteiger partial charge in [0.05, 0.1) is 25.4 Å². The van der Waals surface area contributed by atoms with Crippen LogP contribution >= 0.6 is 0 Å². The molecule has 7 nitrogen and oxygen atoms in total. The molecule has 0 amide bonds. The van der Waals surface area contributed by atoms with Crippen LogP contribution in [0.25, 0.3) is 0 Å². The number of aromatic nitrogens is 4. The highest BCUT2D eigenvalue weighted by Crippen LogP contribution is 2.28. The molecule has 0 radical (unpaired) electrons. The topological polar surface area (TPSA) is 77.2 Å². The number of anilines is 1. The first-order valence-corrected chi connectivity index (χ1v) is 8.09. The summed E-state index contributed by atoms with van der Waals surface area (Å²) >= 11 is 0. The van der Waals surface area contributed by atoms with Crippen molar-refractivity contribution in [2.45, 2.75) is 39.0 Å². The molecule has 3 rings (SSSR count). The highest BCUT2D eigenvalue weighted by atomic mass is 16.5. The van der Waals surface area contributed by atoms with Crippen LogP contribution in [0.1, 0.15) is 44.3 Å². The number of nitrogens with zero attached hydrogens (tertiary/aromatic N) is 5. The van der Waals surface area contributed by atoms with Crippen LogP contribution in [0.15, 0.2) is 16.9 Å². The Kier molecular flexibility index (Phi) is 4.73. The molecule has 3 heterocycles. The molecular weight excluding hydrogens is 294 g/mol. The second-order valence-corrected chi connectivity index (χ2v) is 6.35. The van der Waals surface area contributed by atoms with E-state index < -0.39 is 0 Å². The van der Waals surface area contributed by atoms with Crippen LogP contribution in [0.5, 0.6) is 5.75 Å². The first-order valence-electron chi connectivity index (χ1n) is 8.09. The minimum Gasteiger partial charge on any atom is -0.494 e. The lowest BCUT2D eigenvalue weighted by Crippen LogP contribution is -2.35. The maximum atomic E-state index is 5.48. The van der Waals surface area contributed by atoms with Crippen LogP contribution in [0.3, 0.4) is 0 Å². The Morgan fingerprint density at radius 3 is 2.83 bits per heavy atom. The van der Waals surface area contributed by atoms with Crippen LogP contribution in [0.4, 0.5) is 5.95 Å². The molecule has 1 atom stereocenters. The third-order valence-corrected chi connectivity index (χ3v) is 3.98. The number of methoxy groups -OCH3 is 1. The molecule has 1 fully saturated rings. The van der Waals surface area contributed by atoms with Gasteiger partial charge in [0.2, 0.25) is 11.8 Å². The largest absolute Gasteiger partial charge is 0.494 e. The summed E-state index contributed by atoms with van der Waals surface area (Å²) in [4.78, 5) is 15.5. The third-order valence-electron chi connectivity index (χ3n) is 3.98. The summed E-state index contributed by atoms with van der Waals surface area (Å²) in [6.07, 6.45) is 6.35. The summed E-state index contributed by atoms with van der Waals surface area (Å²) in [6.45, 7) is 6.05. The Morgan fingerprint density at radius 1 is 1.35 bits per heavy atom. The van der Waals surface area contributed by atoms with E-state index >= 15 is 0 Å². The zero-order valence-electron chi connectivity index (χ0n) is 13.9. The molecule has 0 spiro atoms. The van der Waals surface area contributed by atoms with Crippen molar-refractivity contribution in [1.82, 2.24) is 20.1 Å². The second kappa shape index (κ2) is 6.93. The van der Waals surface area contributed by atoms with Crippen molar-refractivity contribution >= 4 is 5.95 Å². The highest BCUT2D eigenvalue weighted by molar-refractivity contribution is 5.33. The van der Waals surface area contributed by atoms with E-state index in [0.717, 1.165) is 50.0 Å². The summed E-state index contributed by atoms with van der Waals surface area (Å²) in [5.74, 6) is 3.68. The van der Waals surface area contributed by atoms with E-state index in [1.54, 1.807) is 19.5 Å². The minimum atomic E-state index is 0.239. The van der Waals surface area contributed by atoms with Crippen LogP contribution in [0, 0.1) is 5.92 Å². The molecule has 1 aliphatic rings. The van der Waals surface area contributed by atoms with Crippen LogP contribution in [0.2, 0.25) is 0 Å². The lowest BCUT2D eigenvalue weighted by atomic mass is 9.98. The molecule has 23 heavy (non-hydrogen) atoms. The predicted octanol–water partition coefficient (Wildman–Crippen LogP) is 2.45. The van der Waals surface area contributed by atoms with Crippen LogP contribution in [-0.2, 0) is 6.42 Å². The van der Waals surface area contributed by atoms with Crippen molar-refractivity contribution in [3.05, 3.63) is 24.1 Å². The maximum absolute atomic E-state index is 5.48. The fourth-order valence-corrected chi connectivity index (χ4v) is 2.82. The molecule has 0 aliphatic carbocycles. The van der Waals surface area contributed by atoms with Gasteiger partial charge >= 0.3 is 0 Å². The SMILES string of the molecule is COc1cnc(N2CCCC(c3nc(CC(C)C)no3)C2)nc1. The second-order valence-electron chi connectivity index (χ2n) is 6.35. The lowest BCUT2D eigenvalue weighted by molar-refractivity contribution is 0.328. The molecule has 0 bridgehead atoms. The van der Waals surface area contributed by atoms with Gasteiger partial charge in [-0.3, -0.25) is 0 Å². The fraction of sp³-hybridized carbons (Fsp3) is 0.625. The Balaban J connectivity index is 1.68. The number of hydrogen-bond acceptors (Lipinski definition) is 7. The first kappa shape index (κ1) is 15.7. The Labute approximate surface area is 136 Å². The monoisotopic (exact) mass is 317 g/mol. The van der Waals surface area contributed by atoms with E-state index in [0.29, 0.717) is 11.7 Å². The van der Waals surface area contributed by atoms with Gasteiger partial charge in [0.1, 0.15) is 0 Å². The van der Waals surface area contributed by atoms with Gasteiger partial charge in [-0.25, -0.2) is 9.97 Å². The van der Waals surface area contributed by atoms with Crippen molar-refractivity contribution in [2.75, 3.05) is 25.1 Å². The maximum Gasteiger partial charge on any atom is 0.231 e. The molecule has 1 unspecified atom stereocenters. The molecular formula is C16H23N5O2. The summed E-state index contributed by atoms with van der Waals surface area (Å²) < 4.78 is 10.6. The van der Waals surface area contributed by atoms with Crippen molar-refractivity contribution in [3.8, 4) is 5.75 Å². The van der Waals surface area contributed by atoms with Crippen molar-refractivity contribution in [2.24, 2.45) is 5.92 Å². The highest BCUT2D eigenvalue weighted by Gasteiger charge is 2.27. The zero-order chi connectivity index (χ0) is 16.2. The van der Waals surface area contributed by atoms with E-state index in [-0.39, 0.29) is 5.92 Å². The number of piperidine rings is 1. The summed E-state index contributed by atoms with van der Waals surface area (Å²) in [5, 5.41) is 4.10. The fourth-order valence-electron chi connectivity index (χ4n) is 2.82. The van der Waals surface area contributed by atoms with Crippen LogP contribution in [-0.4, -0.2) is 40.3 Å². The number of hydrogen-bond donors (Lipinski definition) is 0. The summed E-state index contributed by atoms with van der Waals surface area (Å²) in [7, 11) is 1.61. The predicted molar refractivity (Wildman–Crippen MR) is 85.6 cm³/mol. The molecule has 0 saturated carbocycles. The Bertz CT molecular complexity index is 626. The molecule has 0 N–H and O–H groups in total. The van der Waals surface area contributed by atoms with E-state index in [1.807, 2.05) is 0 Å². The lowest BCUT2D eigenvalue weighted by Gasteiger charge is -2.30. The molecule has 0 aromatic carbocycles. The number of rotatable bonds is 5. The van der Waals surface area contributed by atoms with E-state index in [9.17, 15) is 0 Å². The van der Waals surface area contributed by atoms with Gasteiger partial charge in [-0.1, -0.05) is 19.0 Å². The quantitative estimate of drug-likeness (QED) is 0.838. The Morgan fingerprint density at radius 2 is 2.13 bits per heavy atom. The molecule has 2 aromatic rings. The van der Waals surface area contributed by atoms with Gasteiger partial charge < -0.3 is 14.2 Å². The molecule has 1 saturated heterocycles. The smallest absolute Gasteiger partial charge is 0.231 e. The van der Waals surface area contributed by atoms with E-state index in [1.165, 1.54) is 0 Å². The van der Waals surface area contributed by atoms with Gasteiger partial charge in [-0.15, -0.1) is 0 Å². The van der Waals surface area contributed by atoms with Gasteiger partial charge in [0.25, 0.3) is 0 Å². The molecule has 2 aromatic heterocycles. The zero-order valence-corrected chi connectivity index (χ0v) is 13.9. The van der Waals surface area contributed by atoms with E-state index in [4.69, 9.17) is 9.26 Å². The van der Waals surface area contributed by atoms with Crippen molar-refractivity contribution in [3.63, 3.8) is 0 Å².